The van der Waals surface area contributed by atoms with Gasteiger partial charge in [0, 0.05) is 30.2 Å². The second-order valence-electron chi connectivity index (χ2n) is 5.94. The van der Waals surface area contributed by atoms with Gasteiger partial charge in [0.25, 0.3) is 0 Å². The first-order valence-electron chi connectivity index (χ1n) is 8.77. The van der Waals surface area contributed by atoms with Crippen LogP contribution >= 0.6 is 0 Å². The Morgan fingerprint density at radius 3 is 2.36 bits per heavy atom. The van der Waals surface area contributed by atoms with Crippen LogP contribution < -0.4 is 15.5 Å². The van der Waals surface area contributed by atoms with Crippen LogP contribution in [0, 0.1) is 0 Å². The summed E-state index contributed by atoms with van der Waals surface area (Å²) in [4.78, 5) is 23.8. The van der Waals surface area contributed by atoms with Crippen molar-refractivity contribution in [2.75, 3.05) is 11.9 Å². The maximum absolute atomic E-state index is 11.9. The van der Waals surface area contributed by atoms with Crippen LogP contribution in [0.1, 0.15) is 32.3 Å². The standard InChI is InChI=1S/C20H23N3O5/c1-3-28-16-7-4-14(5-8-16)21-19(26)10-11-20(27)23-22-13(2)17-9-6-15(24)12-18(17)25/h4-9,12,24-25H,3,10-11H2,1-2H3,(H,21,26)(H,23,27)/b22-13-. The minimum atomic E-state index is -0.431. The van der Waals surface area contributed by atoms with E-state index in [9.17, 15) is 19.8 Å². The van der Waals surface area contributed by atoms with Crippen molar-refractivity contribution in [2.45, 2.75) is 26.7 Å². The number of phenols is 2. The molecule has 0 atom stereocenters. The molecule has 0 saturated carbocycles. The minimum Gasteiger partial charge on any atom is -0.508 e. The Hall–Kier alpha value is -3.55. The van der Waals surface area contributed by atoms with Crippen LogP contribution in [0.25, 0.3) is 0 Å². The first-order chi connectivity index (χ1) is 13.4. The van der Waals surface area contributed by atoms with Crippen LogP contribution in [-0.4, -0.2) is 34.3 Å². The average Bonchev–Trinajstić information content (AvgIpc) is 2.66. The van der Waals surface area contributed by atoms with Gasteiger partial charge in [-0.2, -0.15) is 5.10 Å². The summed E-state index contributed by atoms with van der Waals surface area (Å²) in [5.41, 5.74) is 3.70. The molecule has 2 aromatic carbocycles. The third kappa shape index (κ3) is 6.31. The van der Waals surface area contributed by atoms with Gasteiger partial charge in [0.05, 0.1) is 12.3 Å². The third-order valence-corrected chi connectivity index (χ3v) is 3.75. The van der Waals surface area contributed by atoms with Crippen molar-refractivity contribution in [3.8, 4) is 17.2 Å². The number of ether oxygens (including phenoxy) is 1. The van der Waals surface area contributed by atoms with Crippen LogP contribution in [-0.2, 0) is 9.59 Å². The van der Waals surface area contributed by atoms with Crippen molar-refractivity contribution in [1.29, 1.82) is 0 Å². The van der Waals surface area contributed by atoms with Gasteiger partial charge in [-0.3, -0.25) is 9.59 Å². The summed E-state index contributed by atoms with van der Waals surface area (Å²) in [6, 6.07) is 11.0. The van der Waals surface area contributed by atoms with E-state index in [2.05, 4.69) is 15.8 Å². The summed E-state index contributed by atoms with van der Waals surface area (Å²) in [7, 11) is 0. The Bertz CT molecular complexity index is 863. The third-order valence-electron chi connectivity index (χ3n) is 3.75. The smallest absolute Gasteiger partial charge is 0.240 e. The highest BCUT2D eigenvalue weighted by Crippen LogP contribution is 2.23. The SMILES string of the molecule is CCOc1ccc(NC(=O)CCC(=O)N/N=C(/C)c2ccc(O)cc2O)cc1. The van der Waals surface area contributed by atoms with Crippen molar-refractivity contribution in [3.63, 3.8) is 0 Å². The Morgan fingerprint density at radius 2 is 1.71 bits per heavy atom. The van der Waals surface area contributed by atoms with Gasteiger partial charge in [-0.15, -0.1) is 0 Å². The van der Waals surface area contributed by atoms with Crippen molar-refractivity contribution in [2.24, 2.45) is 5.10 Å². The Kier molecular flexibility index (Phi) is 7.38. The summed E-state index contributed by atoms with van der Waals surface area (Å²) < 4.78 is 5.33. The lowest BCUT2D eigenvalue weighted by molar-refractivity contribution is -0.124. The fourth-order valence-corrected chi connectivity index (χ4v) is 2.34. The number of rotatable bonds is 8. The lowest BCUT2D eigenvalue weighted by Crippen LogP contribution is -2.21. The molecular weight excluding hydrogens is 362 g/mol. The second-order valence-corrected chi connectivity index (χ2v) is 5.94. The number of anilines is 1. The van der Waals surface area contributed by atoms with Gasteiger partial charge >= 0.3 is 0 Å². The van der Waals surface area contributed by atoms with Crippen LogP contribution in [0.2, 0.25) is 0 Å². The van der Waals surface area contributed by atoms with E-state index in [0.29, 0.717) is 29.3 Å². The van der Waals surface area contributed by atoms with Crippen LogP contribution in [0.15, 0.2) is 47.6 Å². The molecule has 2 aromatic rings. The van der Waals surface area contributed by atoms with E-state index in [4.69, 9.17) is 4.74 Å². The zero-order chi connectivity index (χ0) is 20.5. The summed E-state index contributed by atoms with van der Waals surface area (Å²) in [5, 5.41) is 25.7. The number of phenolic OH excluding ortho intramolecular Hbond substituents is 2. The van der Waals surface area contributed by atoms with Crippen LogP contribution in [0.4, 0.5) is 5.69 Å². The molecule has 148 valence electrons. The molecule has 0 heterocycles. The second kappa shape index (κ2) is 9.96. The van der Waals surface area contributed by atoms with E-state index in [1.165, 1.54) is 18.2 Å². The van der Waals surface area contributed by atoms with E-state index in [1.807, 2.05) is 6.92 Å². The number of nitrogens with one attached hydrogen (secondary N) is 2. The van der Waals surface area contributed by atoms with E-state index in [-0.39, 0.29) is 30.2 Å². The predicted molar refractivity (Wildman–Crippen MR) is 106 cm³/mol. The van der Waals surface area contributed by atoms with E-state index in [1.54, 1.807) is 31.2 Å². The Balaban J connectivity index is 1.80. The molecule has 8 nitrogen and oxygen atoms in total. The molecule has 28 heavy (non-hydrogen) atoms. The molecule has 0 aliphatic rings. The topological polar surface area (TPSA) is 120 Å². The molecule has 8 heteroatoms. The van der Waals surface area contributed by atoms with Gasteiger partial charge in [-0.05, 0) is 50.2 Å². The number of carbonyl (C=O) groups is 2. The molecule has 0 aliphatic heterocycles. The number of nitrogens with zero attached hydrogens (tertiary/aromatic N) is 1. The highest BCUT2D eigenvalue weighted by Gasteiger charge is 2.09. The molecular formula is C20H23N3O5. The fraction of sp³-hybridized carbons (Fsp3) is 0.250. The molecule has 0 aromatic heterocycles. The molecule has 2 rings (SSSR count). The summed E-state index contributed by atoms with van der Waals surface area (Å²) in [6.07, 6.45) is -0.0424. The summed E-state index contributed by atoms with van der Waals surface area (Å²) >= 11 is 0. The lowest BCUT2D eigenvalue weighted by Gasteiger charge is -2.07. The first kappa shape index (κ1) is 20.8. The Morgan fingerprint density at radius 1 is 1.04 bits per heavy atom. The monoisotopic (exact) mass is 385 g/mol. The van der Waals surface area contributed by atoms with Crippen molar-refractivity contribution in [3.05, 3.63) is 48.0 Å². The summed E-state index contributed by atoms with van der Waals surface area (Å²) in [6.45, 7) is 4.06. The van der Waals surface area contributed by atoms with Gasteiger partial charge in [-0.25, -0.2) is 5.43 Å². The number of hydrazone groups is 1. The maximum atomic E-state index is 11.9. The maximum Gasteiger partial charge on any atom is 0.240 e. The number of amides is 2. The van der Waals surface area contributed by atoms with Gasteiger partial charge in [0.2, 0.25) is 11.8 Å². The average molecular weight is 385 g/mol. The van der Waals surface area contributed by atoms with Crippen molar-refractivity contribution < 1.29 is 24.5 Å². The van der Waals surface area contributed by atoms with Gasteiger partial charge in [0.15, 0.2) is 0 Å². The lowest BCUT2D eigenvalue weighted by atomic mass is 10.1. The number of benzene rings is 2. The molecule has 0 radical (unpaired) electrons. The fourth-order valence-electron chi connectivity index (χ4n) is 2.34. The molecule has 0 fully saturated rings. The number of aromatic hydroxyl groups is 2. The van der Waals surface area contributed by atoms with Gasteiger partial charge in [-0.1, -0.05) is 0 Å². The quantitative estimate of drug-likeness (QED) is 0.411. The molecule has 0 spiro atoms. The summed E-state index contributed by atoms with van der Waals surface area (Å²) in [5.74, 6) is -0.231. The van der Waals surface area contributed by atoms with E-state index < -0.39 is 5.91 Å². The van der Waals surface area contributed by atoms with E-state index >= 15 is 0 Å². The van der Waals surface area contributed by atoms with E-state index in [0.717, 1.165) is 0 Å². The van der Waals surface area contributed by atoms with Crippen LogP contribution in [0.5, 0.6) is 17.2 Å². The van der Waals surface area contributed by atoms with Gasteiger partial charge in [0.1, 0.15) is 17.2 Å². The number of carbonyl (C=O) groups excluding carboxylic acids is 2. The molecule has 0 unspecified atom stereocenters. The highest BCUT2D eigenvalue weighted by atomic mass is 16.5. The highest BCUT2D eigenvalue weighted by molar-refractivity contribution is 6.01. The molecule has 4 N–H and O–H groups in total. The molecule has 0 aliphatic carbocycles. The van der Waals surface area contributed by atoms with Crippen LogP contribution in [0.3, 0.4) is 0 Å². The van der Waals surface area contributed by atoms with Crippen molar-refractivity contribution in [1.82, 2.24) is 5.43 Å². The largest absolute Gasteiger partial charge is 0.508 e. The first-order valence-corrected chi connectivity index (χ1v) is 8.77. The normalized spacial score (nSPS) is 11.0. The molecule has 0 bridgehead atoms. The number of hydrogen-bond donors (Lipinski definition) is 4. The minimum absolute atomic E-state index is 0.00191. The molecule has 0 saturated heterocycles. The zero-order valence-electron chi connectivity index (χ0n) is 15.7. The predicted octanol–water partition coefficient (Wildman–Crippen LogP) is 2.76. The molecule has 2 amide bonds. The van der Waals surface area contributed by atoms with Gasteiger partial charge < -0.3 is 20.3 Å². The number of hydrogen-bond acceptors (Lipinski definition) is 6. The Labute approximate surface area is 162 Å². The zero-order valence-corrected chi connectivity index (χ0v) is 15.7. The van der Waals surface area contributed by atoms with Crippen molar-refractivity contribution >= 4 is 23.2 Å².